The first-order valence-electron chi connectivity index (χ1n) is 3.08. The molecule has 0 saturated carbocycles. The van der Waals surface area contributed by atoms with Crippen molar-refractivity contribution in [3.05, 3.63) is 34.0 Å². The first-order chi connectivity index (χ1) is 5.76. The van der Waals surface area contributed by atoms with Crippen LogP contribution in [0.5, 0.6) is 0 Å². The van der Waals surface area contributed by atoms with Crippen molar-refractivity contribution >= 4 is 0 Å². The third-order valence-corrected chi connectivity index (χ3v) is 1.45. The zero-order chi connectivity index (χ0) is 10.3. The zero-order valence-electron chi connectivity index (χ0n) is 6.01. The Morgan fingerprint density at radius 1 is 1.23 bits per heavy atom. The molecular weight excluding hydrogens is 194 g/mol. The predicted molar refractivity (Wildman–Crippen MR) is 34.1 cm³/mol. The summed E-state index contributed by atoms with van der Waals surface area (Å²) in [6, 6.07) is 0. The maximum atomic E-state index is 12.4. The lowest BCUT2D eigenvalue weighted by atomic mass is 10.0. The maximum Gasteiger partial charge on any atom is 0.339 e. The van der Waals surface area contributed by atoms with Crippen molar-refractivity contribution in [3.63, 3.8) is 0 Å². The zero-order valence-corrected chi connectivity index (χ0v) is 6.01. The first-order valence-corrected chi connectivity index (χ1v) is 3.08. The molecule has 0 radical (unpaired) electrons. The molecule has 0 bridgehead atoms. The highest BCUT2D eigenvalue weighted by atomic mass is 19.3. The molecule has 1 rings (SSSR count). The van der Waals surface area contributed by atoms with E-state index in [0.29, 0.717) is 6.08 Å². The monoisotopic (exact) mass is 197 g/mol. The number of nitro groups is 1. The molecule has 0 saturated heterocycles. The summed E-state index contributed by atoms with van der Waals surface area (Å²) in [5.74, 6) is -8.85. The van der Waals surface area contributed by atoms with Crippen LogP contribution in [0, 0.1) is 10.1 Å². The van der Waals surface area contributed by atoms with Crippen LogP contribution in [0.3, 0.4) is 0 Å². The van der Waals surface area contributed by atoms with E-state index < -0.39 is 22.5 Å². The van der Waals surface area contributed by atoms with Crippen molar-refractivity contribution in [1.29, 1.82) is 0 Å². The largest absolute Gasteiger partial charge is 0.339 e. The van der Waals surface area contributed by atoms with Crippen molar-refractivity contribution in [2.75, 3.05) is 0 Å². The standard InChI is InChI=1S/C6H3F4NO2/c7-5(8)2-1-4(11(12)13)3-6(5,9)10/h1-3H. The Morgan fingerprint density at radius 2 is 1.77 bits per heavy atom. The van der Waals surface area contributed by atoms with Crippen molar-refractivity contribution in [2.45, 2.75) is 11.8 Å². The second kappa shape index (κ2) is 2.54. The summed E-state index contributed by atoms with van der Waals surface area (Å²) in [4.78, 5) is 8.81. The van der Waals surface area contributed by atoms with Gasteiger partial charge in [-0.05, 0) is 6.08 Å². The highest BCUT2D eigenvalue weighted by Gasteiger charge is 2.56. The fraction of sp³-hybridized carbons (Fsp3) is 0.333. The molecule has 3 nitrogen and oxygen atoms in total. The molecule has 7 heteroatoms. The van der Waals surface area contributed by atoms with Gasteiger partial charge in [-0.3, -0.25) is 10.1 Å². The molecule has 72 valence electrons. The Bertz CT molecular complexity index is 308. The Labute approximate surface area is 69.5 Å². The van der Waals surface area contributed by atoms with Gasteiger partial charge in [-0.1, -0.05) is 0 Å². The van der Waals surface area contributed by atoms with Crippen molar-refractivity contribution in [1.82, 2.24) is 0 Å². The predicted octanol–water partition coefficient (Wildman–Crippen LogP) is 1.99. The number of hydrogen-bond donors (Lipinski definition) is 0. The van der Waals surface area contributed by atoms with Crippen LogP contribution in [0.2, 0.25) is 0 Å². The van der Waals surface area contributed by atoms with E-state index in [1.165, 1.54) is 0 Å². The van der Waals surface area contributed by atoms with Gasteiger partial charge >= 0.3 is 11.8 Å². The normalized spacial score (nSPS) is 23.8. The summed E-state index contributed by atoms with van der Waals surface area (Å²) in [5.41, 5.74) is -1.03. The average molecular weight is 197 g/mol. The molecule has 0 unspecified atom stereocenters. The fourth-order valence-corrected chi connectivity index (χ4v) is 0.745. The molecule has 0 aromatic heterocycles. The van der Waals surface area contributed by atoms with E-state index in [1.54, 1.807) is 0 Å². The van der Waals surface area contributed by atoms with E-state index in [0.717, 1.165) is 0 Å². The molecule has 0 aromatic carbocycles. The molecule has 0 N–H and O–H groups in total. The summed E-state index contributed by atoms with van der Waals surface area (Å²) in [7, 11) is 0. The van der Waals surface area contributed by atoms with E-state index in [1.807, 2.05) is 0 Å². The van der Waals surface area contributed by atoms with E-state index in [9.17, 15) is 27.7 Å². The highest BCUT2D eigenvalue weighted by Crippen LogP contribution is 2.40. The van der Waals surface area contributed by atoms with Gasteiger partial charge in [0.1, 0.15) is 0 Å². The third-order valence-electron chi connectivity index (χ3n) is 1.45. The van der Waals surface area contributed by atoms with Crippen LogP contribution in [-0.4, -0.2) is 16.8 Å². The van der Waals surface area contributed by atoms with Gasteiger partial charge in [-0.15, -0.1) is 0 Å². The molecule has 0 spiro atoms. The Kier molecular flexibility index (Phi) is 1.89. The number of rotatable bonds is 1. The van der Waals surface area contributed by atoms with Gasteiger partial charge in [-0.25, -0.2) is 0 Å². The molecule has 0 amide bonds. The topological polar surface area (TPSA) is 43.1 Å². The molecular formula is C6H3F4NO2. The summed E-state index contributed by atoms with van der Waals surface area (Å²) < 4.78 is 49.5. The molecule has 0 fully saturated rings. The number of nitrogens with zero attached hydrogens (tertiary/aromatic N) is 1. The van der Waals surface area contributed by atoms with E-state index in [2.05, 4.69) is 0 Å². The third kappa shape index (κ3) is 1.53. The Hall–Kier alpha value is -1.40. The van der Waals surface area contributed by atoms with Gasteiger partial charge in [0.05, 0.1) is 11.0 Å². The van der Waals surface area contributed by atoms with Crippen LogP contribution in [0.15, 0.2) is 23.9 Å². The number of hydrogen-bond acceptors (Lipinski definition) is 2. The Balaban J connectivity index is 3.09. The van der Waals surface area contributed by atoms with Crippen LogP contribution >= 0.6 is 0 Å². The number of alkyl halides is 4. The molecule has 0 atom stereocenters. The summed E-state index contributed by atoms with van der Waals surface area (Å²) in [6.45, 7) is 0. The van der Waals surface area contributed by atoms with Crippen LogP contribution in [0.25, 0.3) is 0 Å². The minimum atomic E-state index is -4.50. The van der Waals surface area contributed by atoms with Gasteiger partial charge in [0.25, 0.3) is 5.70 Å². The summed E-state index contributed by atoms with van der Waals surface area (Å²) in [6.07, 6.45) is -0.171. The van der Waals surface area contributed by atoms with Gasteiger partial charge in [-0.2, -0.15) is 17.6 Å². The second-order valence-corrected chi connectivity index (χ2v) is 2.41. The smallest absolute Gasteiger partial charge is 0.258 e. The number of halogens is 4. The van der Waals surface area contributed by atoms with Crippen LogP contribution in [-0.2, 0) is 0 Å². The minimum Gasteiger partial charge on any atom is -0.258 e. The highest BCUT2D eigenvalue weighted by molar-refractivity contribution is 5.27. The average Bonchev–Trinajstić information content (AvgIpc) is 1.94. The SMILES string of the molecule is O=[N+]([O-])C1=CC(F)(F)C(F)(F)C=C1. The summed E-state index contributed by atoms with van der Waals surface area (Å²) >= 11 is 0. The van der Waals surface area contributed by atoms with Gasteiger partial charge in [0.15, 0.2) is 0 Å². The molecule has 13 heavy (non-hydrogen) atoms. The lowest BCUT2D eigenvalue weighted by Crippen LogP contribution is -2.39. The quantitative estimate of drug-likeness (QED) is 0.366. The molecule has 0 aliphatic heterocycles. The van der Waals surface area contributed by atoms with Crippen molar-refractivity contribution in [3.8, 4) is 0 Å². The second-order valence-electron chi connectivity index (χ2n) is 2.41. The van der Waals surface area contributed by atoms with Gasteiger partial charge in [0, 0.05) is 6.08 Å². The fourth-order valence-electron chi connectivity index (χ4n) is 0.745. The molecule has 0 heterocycles. The van der Waals surface area contributed by atoms with Crippen LogP contribution in [0.1, 0.15) is 0 Å². The number of allylic oxidation sites excluding steroid dienone is 3. The lowest BCUT2D eigenvalue weighted by molar-refractivity contribution is -0.421. The van der Waals surface area contributed by atoms with E-state index in [-0.39, 0.29) is 12.2 Å². The Morgan fingerprint density at radius 3 is 2.15 bits per heavy atom. The maximum absolute atomic E-state index is 12.4. The van der Waals surface area contributed by atoms with Crippen molar-refractivity contribution in [2.24, 2.45) is 0 Å². The van der Waals surface area contributed by atoms with E-state index >= 15 is 0 Å². The first kappa shape index (κ1) is 9.69. The summed E-state index contributed by atoms with van der Waals surface area (Å²) in [5, 5.41) is 9.96. The minimum absolute atomic E-state index is 0.175. The van der Waals surface area contributed by atoms with Crippen molar-refractivity contribution < 1.29 is 22.5 Å². The molecule has 1 aliphatic rings. The lowest BCUT2D eigenvalue weighted by Gasteiger charge is -2.22. The molecule has 0 aromatic rings. The van der Waals surface area contributed by atoms with Crippen LogP contribution in [0.4, 0.5) is 17.6 Å². The van der Waals surface area contributed by atoms with E-state index in [4.69, 9.17) is 0 Å². The molecule has 1 aliphatic carbocycles. The van der Waals surface area contributed by atoms with Gasteiger partial charge in [0.2, 0.25) is 0 Å². The van der Waals surface area contributed by atoms with Gasteiger partial charge < -0.3 is 0 Å². The van der Waals surface area contributed by atoms with Crippen LogP contribution < -0.4 is 0 Å².